The van der Waals surface area contributed by atoms with E-state index in [1.807, 2.05) is 7.05 Å². The molecule has 2 heterocycles. The van der Waals surface area contributed by atoms with Crippen LogP contribution in [0.3, 0.4) is 0 Å². The topological polar surface area (TPSA) is 153 Å². The summed E-state index contributed by atoms with van der Waals surface area (Å²) in [6.07, 6.45) is -0.215. The summed E-state index contributed by atoms with van der Waals surface area (Å²) in [5.41, 5.74) is -0.0241. The Hall–Kier alpha value is -4.90. The number of hydrogen-bond donors (Lipinski definition) is 4. The van der Waals surface area contributed by atoms with Gasteiger partial charge in [-0.3, -0.25) is 9.59 Å². The zero-order valence-corrected chi connectivity index (χ0v) is 23.5. The Morgan fingerprint density at radius 3 is 2.10 bits per heavy atom. The second-order valence-corrected chi connectivity index (χ2v) is 10.2. The largest absolute Gasteiger partial charge is 0.504 e. The number of carbonyl (C=O) groups excluding carboxylic acids is 1. The molecule has 0 aliphatic carbocycles. The third-order valence-electron chi connectivity index (χ3n) is 7.68. The fraction of sp³-hybridized carbons (Fsp3) is 0.290. The van der Waals surface area contributed by atoms with Gasteiger partial charge in [-0.15, -0.1) is 0 Å². The van der Waals surface area contributed by atoms with Crippen molar-refractivity contribution in [3.8, 4) is 45.8 Å². The van der Waals surface area contributed by atoms with E-state index < -0.39 is 28.6 Å². The number of aromatic hydroxyl groups is 4. The number of phenolic OH excluding ortho intramolecular Hbond substituents is 4. The molecule has 42 heavy (non-hydrogen) atoms. The molecule has 5 rings (SSSR count). The minimum absolute atomic E-state index is 0.0413. The third-order valence-corrected chi connectivity index (χ3v) is 7.68. The van der Waals surface area contributed by atoms with Gasteiger partial charge >= 0.3 is 0 Å². The molecule has 0 saturated carbocycles. The number of ether oxygens (including phenoxy) is 2. The average Bonchev–Trinajstić information content (AvgIpc) is 3.00. The maximum absolute atomic E-state index is 13.7. The lowest BCUT2D eigenvalue weighted by Crippen LogP contribution is -2.47. The molecule has 0 spiro atoms. The molecule has 1 saturated heterocycles. The number of phenols is 4. The van der Waals surface area contributed by atoms with Gasteiger partial charge in [0.05, 0.1) is 14.2 Å². The smallest absolute Gasteiger partial charge is 0.223 e. The van der Waals surface area contributed by atoms with E-state index in [-0.39, 0.29) is 51.9 Å². The Bertz CT molecular complexity index is 1670. The summed E-state index contributed by atoms with van der Waals surface area (Å²) in [6.45, 7) is 2.34. The van der Waals surface area contributed by atoms with Gasteiger partial charge in [0.2, 0.25) is 17.4 Å². The molecule has 0 unspecified atom stereocenters. The highest BCUT2D eigenvalue weighted by molar-refractivity contribution is 5.94. The van der Waals surface area contributed by atoms with E-state index in [4.69, 9.17) is 13.9 Å². The lowest BCUT2D eigenvalue weighted by atomic mass is 9.85. The zero-order chi connectivity index (χ0) is 30.1. The molecule has 11 nitrogen and oxygen atoms in total. The van der Waals surface area contributed by atoms with Crippen LogP contribution in [0, 0.1) is 0 Å². The fourth-order valence-corrected chi connectivity index (χ4v) is 5.30. The number of benzene rings is 3. The molecule has 1 aliphatic heterocycles. The number of rotatable bonds is 7. The molecule has 1 amide bonds. The molecule has 1 fully saturated rings. The van der Waals surface area contributed by atoms with Crippen LogP contribution in [0.25, 0.3) is 22.3 Å². The van der Waals surface area contributed by atoms with Crippen LogP contribution in [0.15, 0.2) is 57.7 Å². The quantitative estimate of drug-likeness (QED) is 0.240. The van der Waals surface area contributed by atoms with Gasteiger partial charge < -0.3 is 44.1 Å². The molecule has 0 radical (unpaired) electrons. The minimum Gasteiger partial charge on any atom is -0.504 e. The fourth-order valence-electron chi connectivity index (χ4n) is 5.30. The predicted molar refractivity (Wildman–Crippen MR) is 155 cm³/mol. The van der Waals surface area contributed by atoms with Gasteiger partial charge in [0.15, 0.2) is 28.4 Å². The highest BCUT2D eigenvalue weighted by Crippen LogP contribution is 2.51. The van der Waals surface area contributed by atoms with Crippen LogP contribution in [0.2, 0.25) is 0 Å². The summed E-state index contributed by atoms with van der Waals surface area (Å²) < 4.78 is 16.9. The van der Waals surface area contributed by atoms with Crippen molar-refractivity contribution in [2.75, 3.05) is 47.4 Å². The van der Waals surface area contributed by atoms with E-state index in [1.165, 1.54) is 32.4 Å². The van der Waals surface area contributed by atoms with E-state index in [9.17, 15) is 30.0 Å². The van der Waals surface area contributed by atoms with Crippen molar-refractivity contribution in [2.45, 2.75) is 12.3 Å². The number of carbonyl (C=O) groups is 1. The van der Waals surface area contributed by atoms with Crippen LogP contribution in [-0.2, 0) is 4.79 Å². The lowest BCUT2D eigenvalue weighted by Gasteiger charge is -2.33. The monoisotopic (exact) mass is 576 g/mol. The lowest BCUT2D eigenvalue weighted by molar-refractivity contribution is -0.133. The van der Waals surface area contributed by atoms with Crippen molar-refractivity contribution in [3.63, 3.8) is 0 Å². The molecule has 4 N–H and O–H groups in total. The molecular formula is C31H32N2O9. The maximum Gasteiger partial charge on any atom is 0.223 e. The predicted octanol–water partition coefficient (Wildman–Crippen LogP) is 3.60. The molecule has 11 heteroatoms. The highest BCUT2D eigenvalue weighted by atomic mass is 16.5. The number of amides is 1. The maximum atomic E-state index is 13.7. The summed E-state index contributed by atoms with van der Waals surface area (Å²) in [5.74, 6) is -3.84. The molecule has 0 bridgehead atoms. The van der Waals surface area contributed by atoms with Crippen LogP contribution in [0.5, 0.6) is 34.5 Å². The Labute approximate surface area is 241 Å². The molecular weight excluding hydrogens is 544 g/mol. The molecule has 220 valence electrons. The second-order valence-electron chi connectivity index (χ2n) is 10.2. The number of nitrogens with zero attached hydrogens (tertiary/aromatic N) is 2. The number of hydrogen-bond acceptors (Lipinski definition) is 10. The SMILES string of the molecule is COc1cc([C@@H](CC(=O)N2CCN(C)CC2)c2c(O)c(O)c(O)c3c(=O)cc(-c4ccccc4)oc23)cc(OC)c1O. The number of methoxy groups -OCH3 is 2. The zero-order valence-electron chi connectivity index (χ0n) is 23.5. The van der Waals surface area contributed by atoms with Crippen molar-refractivity contribution in [3.05, 3.63) is 69.9 Å². The van der Waals surface area contributed by atoms with Gasteiger partial charge in [-0.2, -0.15) is 0 Å². The summed E-state index contributed by atoms with van der Waals surface area (Å²) in [7, 11) is 4.68. The van der Waals surface area contributed by atoms with Crippen LogP contribution < -0.4 is 14.9 Å². The second kappa shape index (κ2) is 11.5. The molecule has 3 aromatic carbocycles. The molecule has 1 aliphatic rings. The van der Waals surface area contributed by atoms with Crippen LogP contribution in [0.4, 0.5) is 0 Å². The Morgan fingerprint density at radius 2 is 1.50 bits per heavy atom. The average molecular weight is 577 g/mol. The molecule has 1 atom stereocenters. The van der Waals surface area contributed by atoms with Crippen molar-refractivity contribution in [1.82, 2.24) is 9.80 Å². The first-order valence-corrected chi connectivity index (χ1v) is 13.4. The molecule has 1 aromatic heterocycles. The van der Waals surface area contributed by atoms with Gasteiger partial charge in [-0.05, 0) is 24.7 Å². The van der Waals surface area contributed by atoms with E-state index >= 15 is 0 Å². The normalized spacial score (nSPS) is 14.6. The first-order valence-electron chi connectivity index (χ1n) is 13.4. The standard InChI is InChI=1S/C31H32N2O9/c1-32-9-11-33(12-10-32)24(35)15-19(18-13-22(40-2)27(36)23(14-18)41-3)25-28(37)30(39)29(38)26-20(34)16-21(42-31(25)26)17-7-5-4-6-8-17/h4-8,13-14,16,19,36-39H,9-12,15H2,1-3H3/t19-/m1/s1. The molecule has 4 aromatic rings. The van der Waals surface area contributed by atoms with Crippen molar-refractivity contribution >= 4 is 16.9 Å². The van der Waals surface area contributed by atoms with E-state index in [0.29, 0.717) is 37.3 Å². The summed E-state index contributed by atoms with van der Waals surface area (Å²) in [6, 6.07) is 12.9. The van der Waals surface area contributed by atoms with Gasteiger partial charge in [-0.1, -0.05) is 30.3 Å². The van der Waals surface area contributed by atoms with Gasteiger partial charge in [0, 0.05) is 55.7 Å². The van der Waals surface area contributed by atoms with E-state index in [0.717, 1.165) is 0 Å². The Morgan fingerprint density at radius 1 is 0.881 bits per heavy atom. The van der Waals surface area contributed by atoms with Crippen molar-refractivity contribution in [2.24, 2.45) is 0 Å². The number of likely N-dealkylation sites (N-methyl/N-ethyl adjacent to an activating group) is 1. The van der Waals surface area contributed by atoms with Gasteiger partial charge in [0.1, 0.15) is 16.7 Å². The van der Waals surface area contributed by atoms with Gasteiger partial charge in [-0.25, -0.2) is 0 Å². The van der Waals surface area contributed by atoms with Crippen LogP contribution in [-0.4, -0.2) is 83.6 Å². The van der Waals surface area contributed by atoms with Crippen LogP contribution in [0.1, 0.15) is 23.5 Å². The van der Waals surface area contributed by atoms with Crippen molar-refractivity contribution < 1.29 is 39.1 Å². The first kappa shape index (κ1) is 28.6. The Balaban J connectivity index is 1.79. The van der Waals surface area contributed by atoms with Gasteiger partial charge in [0.25, 0.3) is 0 Å². The van der Waals surface area contributed by atoms with Crippen molar-refractivity contribution in [1.29, 1.82) is 0 Å². The Kier molecular flexibility index (Phi) is 7.86. The summed E-state index contributed by atoms with van der Waals surface area (Å²) in [5, 5.41) is 43.1. The third kappa shape index (κ3) is 5.14. The number of fused-ring (bicyclic) bond motifs is 1. The minimum atomic E-state index is -1.04. The first-order chi connectivity index (χ1) is 20.1. The van der Waals surface area contributed by atoms with Crippen LogP contribution >= 0.6 is 0 Å². The summed E-state index contributed by atoms with van der Waals surface area (Å²) >= 11 is 0. The number of piperazine rings is 1. The van der Waals surface area contributed by atoms with E-state index in [1.54, 1.807) is 35.2 Å². The highest BCUT2D eigenvalue weighted by Gasteiger charge is 2.33. The van der Waals surface area contributed by atoms with E-state index in [2.05, 4.69) is 4.90 Å². The summed E-state index contributed by atoms with van der Waals surface area (Å²) in [4.78, 5) is 30.9.